The summed E-state index contributed by atoms with van der Waals surface area (Å²) in [6, 6.07) is 14.8. The first kappa shape index (κ1) is 17.9. The van der Waals surface area contributed by atoms with Crippen molar-refractivity contribution in [3.05, 3.63) is 65.2 Å². The summed E-state index contributed by atoms with van der Waals surface area (Å²) in [7, 11) is 1.57. The highest BCUT2D eigenvalue weighted by Gasteiger charge is 2.36. The molecule has 0 heterocycles. The van der Waals surface area contributed by atoms with Crippen LogP contribution in [0.5, 0.6) is 5.75 Å². The van der Waals surface area contributed by atoms with Crippen LogP contribution >= 0.6 is 0 Å². The Morgan fingerprint density at radius 3 is 2.69 bits per heavy atom. The van der Waals surface area contributed by atoms with Gasteiger partial charge in [-0.2, -0.15) is 0 Å². The third-order valence-electron chi connectivity index (χ3n) is 4.66. The summed E-state index contributed by atoms with van der Waals surface area (Å²) in [5.41, 5.74) is 1.59. The van der Waals surface area contributed by atoms with Crippen molar-refractivity contribution in [2.75, 3.05) is 13.7 Å². The Hall–Kier alpha value is -2.86. The average molecular weight is 354 g/mol. The van der Waals surface area contributed by atoms with E-state index in [2.05, 4.69) is 10.6 Å². The molecule has 3 N–H and O–H groups in total. The average Bonchev–Trinajstić information content (AvgIpc) is 3.02. The predicted molar refractivity (Wildman–Crippen MR) is 96.5 cm³/mol. The third kappa shape index (κ3) is 3.86. The van der Waals surface area contributed by atoms with Crippen LogP contribution in [0.1, 0.15) is 23.1 Å². The minimum atomic E-state index is -1.13. The highest BCUT2D eigenvalue weighted by molar-refractivity contribution is 6.35. The lowest BCUT2D eigenvalue weighted by Crippen LogP contribution is -2.45. The van der Waals surface area contributed by atoms with Crippen LogP contribution < -0.4 is 15.4 Å². The van der Waals surface area contributed by atoms with E-state index < -0.39 is 17.4 Å². The van der Waals surface area contributed by atoms with Crippen molar-refractivity contribution in [2.24, 2.45) is 0 Å². The second-order valence-corrected chi connectivity index (χ2v) is 6.41. The Labute approximate surface area is 152 Å². The van der Waals surface area contributed by atoms with Crippen molar-refractivity contribution in [3.8, 4) is 5.75 Å². The Morgan fingerprint density at radius 2 is 1.88 bits per heavy atom. The zero-order valence-corrected chi connectivity index (χ0v) is 14.6. The quantitative estimate of drug-likeness (QED) is 0.706. The van der Waals surface area contributed by atoms with Gasteiger partial charge in [-0.25, -0.2) is 0 Å². The van der Waals surface area contributed by atoms with E-state index in [1.54, 1.807) is 19.2 Å². The monoisotopic (exact) mass is 354 g/mol. The molecule has 0 saturated heterocycles. The summed E-state index contributed by atoms with van der Waals surface area (Å²) in [6.45, 7) is 0.228. The first-order valence-electron chi connectivity index (χ1n) is 8.51. The molecule has 2 amide bonds. The van der Waals surface area contributed by atoms with Crippen LogP contribution in [0.4, 0.5) is 0 Å². The van der Waals surface area contributed by atoms with Gasteiger partial charge >= 0.3 is 11.8 Å². The molecule has 0 saturated carbocycles. The minimum absolute atomic E-state index is 0.00935. The Balaban J connectivity index is 1.53. The maximum Gasteiger partial charge on any atom is 0.309 e. The van der Waals surface area contributed by atoms with Gasteiger partial charge in [0.25, 0.3) is 0 Å². The Morgan fingerprint density at radius 1 is 1.12 bits per heavy atom. The molecule has 6 heteroatoms. The zero-order chi connectivity index (χ0) is 18.6. The molecule has 0 aliphatic heterocycles. The molecule has 0 radical (unpaired) electrons. The van der Waals surface area contributed by atoms with Crippen LogP contribution in [0, 0.1) is 0 Å². The van der Waals surface area contributed by atoms with Gasteiger partial charge in [0.15, 0.2) is 0 Å². The van der Waals surface area contributed by atoms with Gasteiger partial charge < -0.3 is 20.5 Å². The molecular formula is C20H22N2O4. The van der Waals surface area contributed by atoms with Crippen molar-refractivity contribution in [2.45, 2.75) is 25.0 Å². The lowest BCUT2D eigenvalue weighted by Gasteiger charge is -2.24. The number of fused-ring (bicyclic) bond motifs is 1. The molecule has 136 valence electrons. The molecule has 0 spiro atoms. The van der Waals surface area contributed by atoms with E-state index in [9.17, 15) is 14.7 Å². The Bertz CT molecular complexity index is 821. The lowest BCUT2D eigenvalue weighted by molar-refractivity contribution is -0.140. The highest BCUT2D eigenvalue weighted by Crippen LogP contribution is 2.36. The molecule has 2 aromatic carbocycles. The second-order valence-electron chi connectivity index (χ2n) is 6.41. The van der Waals surface area contributed by atoms with Crippen molar-refractivity contribution >= 4 is 11.8 Å². The maximum absolute atomic E-state index is 12.0. The van der Waals surface area contributed by atoms with Crippen molar-refractivity contribution < 1.29 is 19.4 Å². The number of aryl methyl sites for hydroxylation is 1. The van der Waals surface area contributed by atoms with Crippen molar-refractivity contribution in [1.82, 2.24) is 10.6 Å². The van der Waals surface area contributed by atoms with Gasteiger partial charge in [0.1, 0.15) is 11.4 Å². The van der Waals surface area contributed by atoms with Crippen LogP contribution in [0.15, 0.2) is 48.5 Å². The van der Waals surface area contributed by atoms with Crippen LogP contribution in [0.2, 0.25) is 0 Å². The molecular weight excluding hydrogens is 332 g/mol. The molecule has 0 aromatic heterocycles. The predicted octanol–water partition coefficient (Wildman–Crippen LogP) is 1.26. The second kappa shape index (κ2) is 7.58. The number of aliphatic hydroxyl groups is 1. The number of benzene rings is 2. The summed E-state index contributed by atoms with van der Waals surface area (Å²) in [4.78, 5) is 24.0. The molecule has 3 rings (SSSR count). The van der Waals surface area contributed by atoms with E-state index in [1.807, 2.05) is 36.4 Å². The maximum atomic E-state index is 12.0. The normalized spacial score (nSPS) is 18.1. The summed E-state index contributed by atoms with van der Waals surface area (Å²) in [5, 5.41) is 15.9. The van der Waals surface area contributed by atoms with E-state index >= 15 is 0 Å². The highest BCUT2D eigenvalue weighted by atomic mass is 16.5. The van der Waals surface area contributed by atoms with Gasteiger partial charge in [-0.15, -0.1) is 0 Å². The number of amides is 2. The number of hydrogen-bond acceptors (Lipinski definition) is 4. The van der Waals surface area contributed by atoms with Gasteiger partial charge in [-0.3, -0.25) is 9.59 Å². The van der Waals surface area contributed by atoms with Gasteiger partial charge in [-0.1, -0.05) is 36.4 Å². The van der Waals surface area contributed by atoms with Gasteiger partial charge in [0, 0.05) is 6.54 Å². The first-order chi connectivity index (χ1) is 12.5. The number of carbonyl (C=O) groups excluding carboxylic acids is 2. The van der Waals surface area contributed by atoms with E-state index in [1.165, 1.54) is 0 Å². The van der Waals surface area contributed by atoms with Crippen LogP contribution in [-0.2, 0) is 28.2 Å². The number of methoxy groups -OCH3 is 1. The number of nitrogens with one attached hydrogen (secondary N) is 2. The minimum Gasteiger partial charge on any atom is -0.497 e. The topological polar surface area (TPSA) is 87.7 Å². The van der Waals surface area contributed by atoms with E-state index in [0.717, 1.165) is 23.1 Å². The summed E-state index contributed by atoms with van der Waals surface area (Å²) in [5.74, 6) is -0.809. The standard InChI is InChI=1S/C20H22N2O4/c1-26-16-7-4-5-14(11-16)12-21-18(23)19(24)22-13-20(25)10-9-15-6-2-3-8-17(15)20/h2-8,11,25H,9-10,12-13H2,1H3,(H,21,23)(H,22,24). The third-order valence-corrected chi connectivity index (χ3v) is 4.66. The molecule has 2 aromatic rings. The fourth-order valence-corrected chi connectivity index (χ4v) is 3.20. The SMILES string of the molecule is COc1cccc(CNC(=O)C(=O)NCC2(O)CCc3ccccc32)c1. The van der Waals surface area contributed by atoms with E-state index in [-0.39, 0.29) is 13.1 Å². The number of carbonyl (C=O) groups is 2. The summed E-state index contributed by atoms with van der Waals surface area (Å²) >= 11 is 0. The van der Waals surface area contributed by atoms with Gasteiger partial charge in [0.05, 0.1) is 13.7 Å². The molecule has 26 heavy (non-hydrogen) atoms. The van der Waals surface area contributed by atoms with Crippen molar-refractivity contribution in [1.29, 1.82) is 0 Å². The summed E-state index contributed by atoms with van der Waals surface area (Å²) < 4.78 is 5.12. The smallest absolute Gasteiger partial charge is 0.309 e. The number of rotatable bonds is 5. The van der Waals surface area contributed by atoms with Crippen molar-refractivity contribution in [3.63, 3.8) is 0 Å². The van der Waals surface area contributed by atoms with Gasteiger partial charge in [0.2, 0.25) is 0 Å². The molecule has 0 fully saturated rings. The molecule has 1 unspecified atom stereocenters. The van der Waals surface area contributed by atoms with Crippen LogP contribution in [0.25, 0.3) is 0 Å². The first-order valence-corrected chi connectivity index (χ1v) is 8.51. The number of ether oxygens (including phenoxy) is 1. The van der Waals surface area contributed by atoms with Crippen LogP contribution in [0.3, 0.4) is 0 Å². The fraction of sp³-hybridized carbons (Fsp3) is 0.300. The molecule has 0 bridgehead atoms. The molecule has 1 aliphatic rings. The molecule has 6 nitrogen and oxygen atoms in total. The van der Waals surface area contributed by atoms with Crippen LogP contribution in [-0.4, -0.2) is 30.6 Å². The number of hydrogen-bond donors (Lipinski definition) is 3. The summed E-state index contributed by atoms with van der Waals surface area (Å²) in [6.07, 6.45) is 1.28. The molecule has 1 aliphatic carbocycles. The van der Waals surface area contributed by atoms with Gasteiger partial charge in [-0.05, 0) is 41.7 Å². The Kier molecular flexibility index (Phi) is 5.23. The largest absolute Gasteiger partial charge is 0.497 e. The van der Waals surface area contributed by atoms with E-state index in [0.29, 0.717) is 12.2 Å². The fourth-order valence-electron chi connectivity index (χ4n) is 3.20. The zero-order valence-electron chi connectivity index (χ0n) is 14.6. The van der Waals surface area contributed by atoms with E-state index in [4.69, 9.17) is 4.74 Å². The molecule has 1 atom stereocenters. The lowest BCUT2D eigenvalue weighted by atomic mass is 9.96.